The van der Waals surface area contributed by atoms with E-state index in [1.807, 2.05) is 31.0 Å². The van der Waals surface area contributed by atoms with E-state index in [0.717, 1.165) is 5.69 Å². The number of nitriles is 1. The first-order valence-electron chi connectivity index (χ1n) is 4.69. The van der Waals surface area contributed by atoms with Crippen LogP contribution in [0.3, 0.4) is 0 Å². The van der Waals surface area contributed by atoms with Crippen LogP contribution in [-0.2, 0) is 0 Å². The van der Waals surface area contributed by atoms with Crippen molar-refractivity contribution in [2.45, 2.75) is 6.92 Å². The lowest BCUT2D eigenvalue weighted by Gasteiger charge is -2.16. The highest BCUT2D eigenvalue weighted by molar-refractivity contribution is 6.32. The van der Waals surface area contributed by atoms with Crippen LogP contribution in [-0.4, -0.2) is 20.2 Å². The molecule has 0 amide bonds. The number of anilines is 1. The molecule has 0 fully saturated rings. The Bertz CT molecular complexity index is 373. The zero-order valence-electron chi connectivity index (χ0n) is 8.83. The fourth-order valence-electron chi connectivity index (χ4n) is 1.20. The third kappa shape index (κ3) is 3.03. The summed E-state index contributed by atoms with van der Waals surface area (Å²) in [4.78, 5) is 1.82. The molecule has 15 heavy (non-hydrogen) atoms. The first-order chi connectivity index (χ1) is 7.19. The molecule has 0 radical (unpaired) electrons. The predicted molar refractivity (Wildman–Crippen MR) is 61.5 cm³/mol. The summed E-state index contributed by atoms with van der Waals surface area (Å²) in [6.07, 6.45) is 0. The van der Waals surface area contributed by atoms with Crippen molar-refractivity contribution in [1.29, 1.82) is 5.26 Å². The van der Waals surface area contributed by atoms with Crippen molar-refractivity contribution >= 4 is 17.3 Å². The van der Waals surface area contributed by atoms with Gasteiger partial charge in [-0.1, -0.05) is 11.6 Å². The van der Waals surface area contributed by atoms with E-state index in [9.17, 15) is 0 Å². The van der Waals surface area contributed by atoms with Gasteiger partial charge in [-0.2, -0.15) is 5.26 Å². The highest BCUT2D eigenvalue weighted by Crippen LogP contribution is 2.28. The van der Waals surface area contributed by atoms with Gasteiger partial charge in [0.15, 0.2) is 0 Å². The molecule has 4 heteroatoms. The number of rotatable bonds is 4. The van der Waals surface area contributed by atoms with E-state index in [4.69, 9.17) is 21.6 Å². The van der Waals surface area contributed by atoms with Gasteiger partial charge in [-0.3, -0.25) is 0 Å². The second-order valence-electron chi connectivity index (χ2n) is 3.06. The van der Waals surface area contributed by atoms with Gasteiger partial charge >= 0.3 is 0 Å². The minimum absolute atomic E-state index is 0.338. The third-order valence-electron chi connectivity index (χ3n) is 1.96. The first kappa shape index (κ1) is 11.7. The summed E-state index contributed by atoms with van der Waals surface area (Å²) in [6.45, 7) is 2.84. The average molecular weight is 225 g/mol. The van der Waals surface area contributed by atoms with E-state index in [1.165, 1.54) is 0 Å². The first-order valence-corrected chi connectivity index (χ1v) is 5.07. The molecule has 0 bridgehead atoms. The summed E-state index contributed by atoms with van der Waals surface area (Å²) in [7, 11) is 1.84. The summed E-state index contributed by atoms with van der Waals surface area (Å²) < 4.78 is 5.32. The zero-order chi connectivity index (χ0) is 11.3. The molecule has 0 atom stereocenters. The Hall–Kier alpha value is -1.40. The van der Waals surface area contributed by atoms with E-state index < -0.39 is 0 Å². The highest BCUT2D eigenvalue weighted by Gasteiger charge is 2.05. The van der Waals surface area contributed by atoms with Gasteiger partial charge in [0.1, 0.15) is 12.3 Å². The van der Waals surface area contributed by atoms with E-state index in [2.05, 4.69) is 6.07 Å². The minimum atomic E-state index is 0.338. The molecule has 0 aliphatic carbocycles. The second-order valence-corrected chi connectivity index (χ2v) is 3.47. The smallest absolute Gasteiger partial charge is 0.138 e. The van der Waals surface area contributed by atoms with Crippen LogP contribution in [0.2, 0.25) is 5.02 Å². The number of hydrogen-bond acceptors (Lipinski definition) is 3. The Kier molecular flexibility index (Phi) is 4.26. The normalized spacial score (nSPS) is 9.47. The van der Waals surface area contributed by atoms with Gasteiger partial charge in [0, 0.05) is 12.7 Å². The Labute approximate surface area is 94.8 Å². The van der Waals surface area contributed by atoms with Crippen molar-refractivity contribution in [3.8, 4) is 11.8 Å². The maximum absolute atomic E-state index is 8.56. The maximum atomic E-state index is 8.56. The molecule has 0 aliphatic heterocycles. The van der Waals surface area contributed by atoms with Crippen LogP contribution in [0.4, 0.5) is 5.69 Å². The number of hydrogen-bond donors (Lipinski definition) is 0. The average Bonchev–Trinajstić information content (AvgIpc) is 2.21. The van der Waals surface area contributed by atoms with Crippen molar-refractivity contribution in [2.24, 2.45) is 0 Å². The zero-order valence-corrected chi connectivity index (χ0v) is 9.58. The molecule has 0 aromatic heterocycles. The molecule has 0 unspecified atom stereocenters. The van der Waals surface area contributed by atoms with Gasteiger partial charge in [-0.05, 0) is 25.1 Å². The number of nitrogens with zero attached hydrogens (tertiary/aromatic N) is 2. The standard InChI is InChI=1S/C11H13ClN2O/c1-3-15-11-5-4-9(8-10(11)12)14(2)7-6-13/h4-5,8H,3,7H2,1-2H3. The Balaban J connectivity index is 2.86. The molecule has 3 nitrogen and oxygen atoms in total. The van der Waals surface area contributed by atoms with Gasteiger partial charge in [0.25, 0.3) is 0 Å². The van der Waals surface area contributed by atoms with Gasteiger partial charge in [0.2, 0.25) is 0 Å². The molecular formula is C11H13ClN2O. The molecule has 0 saturated heterocycles. The molecule has 0 saturated carbocycles. The Morgan fingerprint density at radius 1 is 1.53 bits per heavy atom. The highest BCUT2D eigenvalue weighted by atomic mass is 35.5. The molecule has 80 valence electrons. The number of benzene rings is 1. The van der Waals surface area contributed by atoms with E-state index in [0.29, 0.717) is 23.9 Å². The van der Waals surface area contributed by atoms with E-state index in [1.54, 1.807) is 6.07 Å². The van der Waals surface area contributed by atoms with Gasteiger partial charge in [-0.25, -0.2) is 0 Å². The van der Waals surface area contributed by atoms with Gasteiger partial charge in [0.05, 0.1) is 17.7 Å². The van der Waals surface area contributed by atoms with E-state index in [-0.39, 0.29) is 0 Å². The van der Waals surface area contributed by atoms with Crippen LogP contribution < -0.4 is 9.64 Å². The van der Waals surface area contributed by atoms with Crippen molar-refractivity contribution in [2.75, 3.05) is 25.1 Å². The Morgan fingerprint density at radius 2 is 2.27 bits per heavy atom. The largest absolute Gasteiger partial charge is 0.492 e. The molecule has 1 aromatic carbocycles. The molecule has 1 aromatic rings. The van der Waals surface area contributed by atoms with Gasteiger partial charge < -0.3 is 9.64 Å². The molecular weight excluding hydrogens is 212 g/mol. The summed E-state index contributed by atoms with van der Waals surface area (Å²) >= 11 is 6.02. The molecule has 0 aliphatic rings. The van der Waals surface area contributed by atoms with Crippen LogP contribution in [0.25, 0.3) is 0 Å². The van der Waals surface area contributed by atoms with Crippen LogP contribution in [0.1, 0.15) is 6.92 Å². The maximum Gasteiger partial charge on any atom is 0.138 e. The topological polar surface area (TPSA) is 36.3 Å². The summed E-state index contributed by atoms with van der Waals surface area (Å²) in [5.41, 5.74) is 0.907. The van der Waals surface area contributed by atoms with E-state index >= 15 is 0 Å². The van der Waals surface area contributed by atoms with Crippen molar-refractivity contribution in [3.05, 3.63) is 23.2 Å². The monoisotopic (exact) mass is 224 g/mol. The molecule has 1 rings (SSSR count). The summed E-state index contributed by atoms with van der Waals surface area (Å²) in [5.74, 6) is 0.674. The summed E-state index contributed by atoms with van der Waals surface area (Å²) in [5, 5.41) is 9.13. The fourth-order valence-corrected chi connectivity index (χ4v) is 1.43. The summed E-state index contributed by atoms with van der Waals surface area (Å²) in [6, 6.07) is 7.57. The van der Waals surface area contributed by atoms with Crippen molar-refractivity contribution in [3.63, 3.8) is 0 Å². The fraction of sp³-hybridized carbons (Fsp3) is 0.364. The molecule has 0 heterocycles. The Morgan fingerprint density at radius 3 is 2.80 bits per heavy atom. The van der Waals surface area contributed by atoms with Gasteiger partial charge in [-0.15, -0.1) is 0 Å². The van der Waals surface area contributed by atoms with Crippen molar-refractivity contribution in [1.82, 2.24) is 0 Å². The van der Waals surface area contributed by atoms with Crippen LogP contribution >= 0.6 is 11.6 Å². The second kappa shape index (κ2) is 5.47. The quantitative estimate of drug-likeness (QED) is 0.738. The molecule has 0 N–H and O–H groups in total. The number of halogens is 1. The lowest BCUT2D eigenvalue weighted by molar-refractivity contribution is 0.340. The minimum Gasteiger partial charge on any atom is -0.492 e. The van der Waals surface area contributed by atoms with Crippen LogP contribution in [0, 0.1) is 11.3 Å². The number of ether oxygens (including phenoxy) is 1. The SMILES string of the molecule is CCOc1ccc(N(C)CC#N)cc1Cl. The van der Waals surface area contributed by atoms with Crippen LogP contribution in [0.5, 0.6) is 5.75 Å². The lowest BCUT2D eigenvalue weighted by Crippen LogP contribution is -2.16. The van der Waals surface area contributed by atoms with Crippen LogP contribution in [0.15, 0.2) is 18.2 Å². The lowest BCUT2D eigenvalue weighted by atomic mass is 10.3. The van der Waals surface area contributed by atoms with Crippen molar-refractivity contribution < 1.29 is 4.74 Å². The third-order valence-corrected chi connectivity index (χ3v) is 2.26. The molecule has 0 spiro atoms. The predicted octanol–water partition coefficient (Wildman–Crippen LogP) is 2.70.